The number of imidazole rings is 1. The molecule has 4 aromatic rings. The van der Waals surface area contributed by atoms with Crippen LogP contribution in [0, 0.1) is 5.82 Å². The maximum Gasteiger partial charge on any atom is 0.292 e. The Bertz CT molecular complexity index is 1190. The molecule has 1 aromatic carbocycles. The van der Waals surface area contributed by atoms with E-state index in [-0.39, 0.29) is 18.1 Å². The summed E-state index contributed by atoms with van der Waals surface area (Å²) >= 11 is 0. The molecule has 0 radical (unpaired) electrons. The second kappa shape index (κ2) is 7.89. The zero-order valence-corrected chi connectivity index (χ0v) is 15.2. The Hall–Kier alpha value is -4.07. The lowest BCUT2D eigenvalue weighted by Crippen LogP contribution is -2.24. The predicted octanol–water partition coefficient (Wildman–Crippen LogP) is 3.05. The Morgan fingerprint density at radius 1 is 1.00 bits per heavy atom. The summed E-state index contributed by atoms with van der Waals surface area (Å²) in [6.45, 7) is 0.232. The fourth-order valence-electron chi connectivity index (χ4n) is 2.88. The van der Waals surface area contributed by atoms with E-state index in [1.807, 2.05) is 6.07 Å². The molecule has 0 spiro atoms. The summed E-state index contributed by atoms with van der Waals surface area (Å²) in [5.74, 6) is -1.43. The molecule has 0 aliphatic carbocycles. The number of hydrogen-bond donors (Lipinski definition) is 2. The van der Waals surface area contributed by atoms with Crippen molar-refractivity contribution in [1.29, 1.82) is 0 Å². The SMILES string of the molecule is O=C(NCc1ccccn1)c1nc(C(=O)Nc2cccc(F)c2)n2ccccc12. The topological polar surface area (TPSA) is 88.4 Å². The number of carbonyl (C=O) groups excluding carboxylic acids is 2. The van der Waals surface area contributed by atoms with Crippen LogP contribution in [-0.4, -0.2) is 26.2 Å². The molecule has 3 aromatic heterocycles. The van der Waals surface area contributed by atoms with Crippen molar-refractivity contribution in [3.63, 3.8) is 0 Å². The van der Waals surface area contributed by atoms with Crippen molar-refractivity contribution in [1.82, 2.24) is 19.7 Å². The van der Waals surface area contributed by atoms with E-state index in [1.54, 1.807) is 48.8 Å². The summed E-state index contributed by atoms with van der Waals surface area (Å²) < 4.78 is 14.9. The van der Waals surface area contributed by atoms with Gasteiger partial charge in [0.25, 0.3) is 11.8 Å². The quantitative estimate of drug-likeness (QED) is 0.549. The van der Waals surface area contributed by atoms with Crippen LogP contribution in [0.15, 0.2) is 73.1 Å². The zero-order chi connectivity index (χ0) is 20.2. The molecule has 0 unspecified atom stereocenters. The molecule has 2 amide bonds. The standard InChI is InChI=1S/C21H16FN5O2/c22-14-6-5-8-15(12-14)25-21(29)19-26-18(17-9-2-4-11-27(17)19)20(28)24-13-16-7-1-3-10-23-16/h1-12H,13H2,(H,24,28)(H,25,29). The van der Waals surface area contributed by atoms with Gasteiger partial charge in [-0.05, 0) is 42.5 Å². The van der Waals surface area contributed by atoms with Crippen LogP contribution in [0.5, 0.6) is 0 Å². The monoisotopic (exact) mass is 389 g/mol. The number of benzene rings is 1. The minimum Gasteiger partial charge on any atom is -0.345 e. The highest BCUT2D eigenvalue weighted by Gasteiger charge is 2.21. The van der Waals surface area contributed by atoms with E-state index in [4.69, 9.17) is 0 Å². The number of halogens is 1. The van der Waals surface area contributed by atoms with Gasteiger partial charge in [0.05, 0.1) is 17.8 Å². The van der Waals surface area contributed by atoms with E-state index >= 15 is 0 Å². The maximum absolute atomic E-state index is 13.4. The van der Waals surface area contributed by atoms with Crippen molar-refractivity contribution in [3.05, 3.63) is 96.1 Å². The predicted molar refractivity (Wildman–Crippen MR) is 105 cm³/mol. The molecule has 4 rings (SSSR count). The Morgan fingerprint density at radius 3 is 2.66 bits per heavy atom. The van der Waals surface area contributed by atoms with Gasteiger partial charge < -0.3 is 10.6 Å². The highest BCUT2D eigenvalue weighted by atomic mass is 19.1. The van der Waals surface area contributed by atoms with Gasteiger partial charge >= 0.3 is 0 Å². The fourth-order valence-corrected chi connectivity index (χ4v) is 2.88. The molecule has 0 saturated carbocycles. The highest BCUT2D eigenvalue weighted by Crippen LogP contribution is 2.16. The number of hydrogen-bond acceptors (Lipinski definition) is 4. The van der Waals surface area contributed by atoms with Gasteiger partial charge in [0, 0.05) is 18.1 Å². The van der Waals surface area contributed by atoms with Gasteiger partial charge in [0.15, 0.2) is 5.69 Å². The summed E-state index contributed by atoms with van der Waals surface area (Å²) in [5, 5.41) is 5.36. The van der Waals surface area contributed by atoms with Crippen LogP contribution in [0.3, 0.4) is 0 Å². The molecule has 0 bridgehead atoms. The van der Waals surface area contributed by atoms with Crippen LogP contribution in [0.2, 0.25) is 0 Å². The summed E-state index contributed by atoms with van der Waals surface area (Å²) in [6, 6.07) is 16.1. The number of pyridine rings is 2. The second-order valence-electron chi connectivity index (χ2n) is 6.21. The molecule has 3 heterocycles. The normalized spacial score (nSPS) is 10.7. The maximum atomic E-state index is 13.4. The molecular formula is C21H16FN5O2. The first-order valence-corrected chi connectivity index (χ1v) is 8.84. The molecule has 144 valence electrons. The molecule has 0 fully saturated rings. The Kier molecular flexibility index (Phi) is 4.98. The minimum absolute atomic E-state index is 0.0212. The summed E-state index contributed by atoms with van der Waals surface area (Å²) in [4.78, 5) is 33.8. The molecule has 0 atom stereocenters. The molecular weight excluding hydrogens is 373 g/mol. The first-order chi connectivity index (χ1) is 14.1. The molecule has 2 N–H and O–H groups in total. The smallest absolute Gasteiger partial charge is 0.292 e. The largest absolute Gasteiger partial charge is 0.345 e. The average molecular weight is 389 g/mol. The molecule has 7 nitrogen and oxygen atoms in total. The molecule has 0 saturated heterocycles. The molecule has 8 heteroatoms. The van der Waals surface area contributed by atoms with Crippen molar-refractivity contribution in [2.45, 2.75) is 6.54 Å². The van der Waals surface area contributed by atoms with E-state index in [0.717, 1.165) is 0 Å². The number of fused-ring (bicyclic) bond motifs is 1. The lowest BCUT2D eigenvalue weighted by atomic mass is 10.3. The van der Waals surface area contributed by atoms with Gasteiger partial charge in [0.2, 0.25) is 5.82 Å². The Morgan fingerprint density at radius 2 is 1.86 bits per heavy atom. The lowest BCUT2D eigenvalue weighted by Gasteiger charge is -2.04. The van der Waals surface area contributed by atoms with Crippen LogP contribution >= 0.6 is 0 Å². The number of anilines is 1. The van der Waals surface area contributed by atoms with E-state index in [0.29, 0.717) is 16.9 Å². The van der Waals surface area contributed by atoms with Gasteiger partial charge in [-0.3, -0.25) is 19.0 Å². The number of carbonyl (C=O) groups is 2. The molecule has 0 aliphatic rings. The van der Waals surface area contributed by atoms with Crippen molar-refractivity contribution in [2.24, 2.45) is 0 Å². The first kappa shape index (κ1) is 18.3. The molecule has 0 aliphatic heterocycles. The molecule has 29 heavy (non-hydrogen) atoms. The van der Waals surface area contributed by atoms with Crippen LogP contribution in [0.4, 0.5) is 10.1 Å². The summed E-state index contributed by atoms with van der Waals surface area (Å²) in [5.41, 5.74) is 1.60. The van der Waals surface area contributed by atoms with Crippen LogP contribution < -0.4 is 10.6 Å². The minimum atomic E-state index is -0.555. The van der Waals surface area contributed by atoms with Gasteiger partial charge in [-0.25, -0.2) is 9.37 Å². The third-order valence-corrected chi connectivity index (χ3v) is 4.21. The Labute approximate surface area is 165 Å². The van der Waals surface area contributed by atoms with Crippen molar-refractivity contribution in [3.8, 4) is 0 Å². The lowest BCUT2D eigenvalue weighted by molar-refractivity contribution is 0.0947. The van der Waals surface area contributed by atoms with Gasteiger partial charge in [-0.1, -0.05) is 18.2 Å². The Balaban J connectivity index is 1.61. The van der Waals surface area contributed by atoms with Crippen LogP contribution in [-0.2, 0) is 6.54 Å². The number of aromatic nitrogens is 3. The van der Waals surface area contributed by atoms with E-state index in [1.165, 1.54) is 22.6 Å². The fraction of sp³-hybridized carbons (Fsp3) is 0.0476. The van der Waals surface area contributed by atoms with Crippen molar-refractivity contribution >= 4 is 23.0 Å². The highest BCUT2D eigenvalue weighted by molar-refractivity contribution is 6.06. The van der Waals surface area contributed by atoms with Gasteiger partial charge in [0.1, 0.15) is 5.82 Å². The third-order valence-electron chi connectivity index (χ3n) is 4.21. The van der Waals surface area contributed by atoms with Crippen LogP contribution in [0.25, 0.3) is 5.52 Å². The summed E-state index contributed by atoms with van der Waals surface area (Å²) in [7, 11) is 0. The van der Waals surface area contributed by atoms with Gasteiger partial charge in [-0.15, -0.1) is 0 Å². The van der Waals surface area contributed by atoms with E-state index in [2.05, 4.69) is 20.6 Å². The number of amides is 2. The number of rotatable bonds is 5. The zero-order valence-electron chi connectivity index (χ0n) is 15.2. The first-order valence-electron chi connectivity index (χ1n) is 8.84. The average Bonchev–Trinajstić information content (AvgIpc) is 3.13. The van der Waals surface area contributed by atoms with E-state index in [9.17, 15) is 14.0 Å². The third kappa shape index (κ3) is 3.96. The number of nitrogens with zero attached hydrogens (tertiary/aromatic N) is 3. The van der Waals surface area contributed by atoms with Crippen LogP contribution in [0.1, 0.15) is 26.8 Å². The van der Waals surface area contributed by atoms with Gasteiger partial charge in [-0.2, -0.15) is 0 Å². The second-order valence-corrected chi connectivity index (χ2v) is 6.21. The van der Waals surface area contributed by atoms with Crippen molar-refractivity contribution in [2.75, 3.05) is 5.32 Å². The number of nitrogens with one attached hydrogen (secondary N) is 2. The van der Waals surface area contributed by atoms with E-state index < -0.39 is 17.6 Å². The van der Waals surface area contributed by atoms with Crippen molar-refractivity contribution < 1.29 is 14.0 Å². The summed E-state index contributed by atoms with van der Waals surface area (Å²) in [6.07, 6.45) is 3.28.